The van der Waals surface area contributed by atoms with Crippen LogP contribution >= 0.6 is 11.6 Å². The first kappa shape index (κ1) is 14.3. The molecule has 104 valence electrons. The lowest BCUT2D eigenvalue weighted by molar-refractivity contribution is 0.0950. The fourth-order valence-corrected chi connectivity index (χ4v) is 2.00. The van der Waals surface area contributed by atoms with Crippen molar-refractivity contribution in [3.63, 3.8) is 0 Å². The van der Waals surface area contributed by atoms with Crippen LogP contribution in [0.1, 0.15) is 21.5 Å². The van der Waals surface area contributed by atoms with Crippen molar-refractivity contribution in [2.24, 2.45) is 0 Å². The van der Waals surface area contributed by atoms with E-state index in [0.29, 0.717) is 22.9 Å². The molecule has 0 spiro atoms. The average Bonchev–Trinajstić information content (AvgIpc) is 2.46. The number of aromatic nitrogens is 1. The van der Waals surface area contributed by atoms with E-state index in [1.165, 1.54) is 11.8 Å². The summed E-state index contributed by atoms with van der Waals surface area (Å²) in [6.45, 7) is 2.50. The number of nitrogens with one attached hydrogen (secondary N) is 2. The summed E-state index contributed by atoms with van der Waals surface area (Å²) in [6.07, 6.45) is 1.50. The van der Waals surface area contributed by atoms with Gasteiger partial charge in [-0.15, -0.1) is 0 Å². The number of anilines is 1. The van der Waals surface area contributed by atoms with Crippen LogP contribution in [0.2, 0.25) is 5.02 Å². The highest BCUT2D eigenvalue weighted by Crippen LogP contribution is 2.19. The van der Waals surface area contributed by atoms with E-state index in [1.54, 1.807) is 13.1 Å². The predicted octanol–water partition coefficient (Wildman–Crippen LogP) is 3.02. The zero-order chi connectivity index (χ0) is 14.5. The van der Waals surface area contributed by atoms with Gasteiger partial charge in [-0.05, 0) is 18.6 Å². The van der Waals surface area contributed by atoms with Crippen LogP contribution in [0.5, 0.6) is 0 Å². The van der Waals surface area contributed by atoms with Crippen LogP contribution < -0.4 is 10.6 Å². The number of hydrogen-bond donors (Lipinski definition) is 2. The van der Waals surface area contributed by atoms with Crippen molar-refractivity contribution in [2.75, 3.05) is 12.4 Å². The fraction of sp³-hybridized carbons (Fsp3) is 0.200. The third kappa shape index (κ3) is 3.48. The van der Waals surface area contributed by atoms with Crippen LogP contribution in [0.25, 0.3) is 0 Å². The number of amides is 1. The minimum absolute atomic E-state index is 0.192. The van der Waals surface area contributed by atoms with Crippen LogP contribution in [0.4, 0.5) is 5.82 Å². The molecule has 0 saturated heterocycles. The van der Waals surface area contributed by atoms with Crippen molar-refractivity contribution in [3.8, 4) is 0 Å². The minimum Gasteiger partial charge on any atom is -0.372 e. The van der Waals surface area contributed by atoms with Crippen molar-refractivity contribution >= 4 is 23.3 Å². The highest BCUT2D eigenvalue weighted by atomic mass is 35.5. The SMILES string of the molecule is CNc1ncc(C(=O)NCc2ccc(C)cc2)cc1Cl. The molecular weight excluding hydrogens is 274 g/mol. The molecule has 0 bridgehead atoms. The van der Waals surface area contributed by atoms with E-state index in [2.05, 4.69) is 15.6 Å². The van der Waals surface area contributed by atoms with Crippen LogP contribution in [0.15, 0.2) is 36.5 Å². The number of rotatable bonds is 4. The Bertz CT molecular complexity index is 611. The lowest BCUT2D eigenvalue weighted by Crippen LogP contribution is -2.23. The van der Waals surface area contributed by atoms with Gasteiger partial charge in [-0.25, -0.2) is 4.98 Å². The van der Waals surface area contributed by atoms with Crippen LogP contribution in [0, 0.1) is 6.92 Å². The highest BCUT2D eigenvalue weighted by Gasteiger charge is 2.09. The summed E-state index contributed by atoms with van der Waals surface area (Å²) in [6, 6.07) is 9.62. The second-order valence-electron chi connectivity index (χ2n) is 4.47. The second-order valence-corrected chi connectivity index (χ2v) is 4.88. The van der Waals surface area contributed by atoms with E-state index < -0.39 is 0 Å². The van der Waals surface area contributed by atoms with Gasteiger partial charge >= 0.3 is 0 Å². The predicted molar refractivity (Wildman–Crippen MR) is 81.1 cm³/mol. The molecule has 0 radical (unpaired) electrons. The summed E-state index contributed by atoms with van der Waals surface area (Å²) < 4.78 is 0. The number of nitrogens with zero attached hydrogens (tertiary/aromatic N) is 1. The summed E-state index contributed by atoms with van der Waals surface area (Å²) in [5.41, 5.74) is 2.69. The number of halogens is 1. The van der Waals surface area contributed by atoms with Gasteiger partial charge in [0.1, 0.15) is 5.82 Å². The van der Waals surface area contributed by atoms with Gasteiger partial charge in [0, 0.05) is 19.8 Å². The van der Waals surface area contributed by atoms with E-state index >= 15 is 0 Å². The summed E-state index contributed by atoms with van der Waals surface area (Å²) >= 11 is 6.00. The van der Waals surface area contributed by atoms with Crippen LogP contribution in [0.3, 0.4) is 0 Å². The molecule has 0 atom stereocenters. The molecule has 5 heteroatoms. The van der Waals surface area contributed by atoms with Gasteiger partial charge in [-0.2, -0.15) is 0 Å². The van der Waals surface area contributed by atoms with Crippen molar-refractivity contribution < 1.29 is 4.79 Å². The summed E-state index contributed by atoms with van der Waals surface area (Å²) in [5, 5.41) is 6.12. The van der Waals surface area contributed by atoms with Gasteiger partial charge in [0.25, 0.3) is 5.91 Å². The van der Waals surface area contributed by atoms with Gasteiger partial charge < -0.3 is 10.6 Å². The molecule has 1 amide bonds. The lowest BCUT2D eigenvalue weighted by atomic mass is 10.1. The Morgan fingerprint density at radius 1 is 1.30 bits per heavy atom. The van der Waals surface area contributed by atoms with Gasteiger partial charge in [0.2, 0.25) is 0 Å². The molecule has 2 aromatic rings. The summed E-state index contributed by atoms with van der Waals surface area (Å²) in [4.78, 5) is 16.1. The molecule has 20 heavy (non-hydrogen) atoms. The molecule has 0 aliphatic rings. The third-order valence-corrected chi connectivity index (χ3v) is 3.20. The Morgan fingerprint density at radius 3 is 2.60 bits per heavy atom. The van der Waals surface area contributed by atoms with Crippen molar-refractivity contribution in [1.29, 1.82) is 0 Å². The molecule has 0 aliphatic heterocycles. The van der Waals surface area contributed by atoms with Crippen molar-refractivity contribution in [1.82, 2.24) is 10.3 Å². The van der Waals surface area contributed by atoms with Gasteiger partial charge in [-0.3, -0.25) is 4.79 Å². The molecule has 2 rings (SSSR count). The summed E-state index contributed by atoms with van der Waals surface area (Å²) in [5.74, 6) is 0.365. The van der Waals surface area contributed by atoms with Gasteiger partial charge in [0.05, 0.1) is 10.6 Å². The van der Waals surface area contributed by atoms with Crippen molar-refractivity contribution in [3.05, 3.63) is 58.2 Å². The molecule has 0 aliphatic carbocycles. The first-order valence-electron chi connectivity index (χ1n) is 6.27. The maximum atomic E-state index is 12.0. The van der Waals surface area contributed by atoms with Gasteiger partial charge in [0.15, 0.2) is 0 Å². The number of carbonyl (C=O) groups is 1. The van der Waals surface area contributed by atoms with Gasteiger partial charge in [-0.1, -0.05) is 41.4 Å². The molecular formula is C15H16ClN3O. The zero-order valence-corrected chi connectivity index (χ0v) is 12.2. The Kier molecular flexibility index (Phi) is 4.58. The third-order valence-electron chi connectivity index (χ3n) is 2.91. The minimum atomic E-state index is -0.192. The first-order chi connectivity index (χ1) is 9.60. The van der Waals surface area contributed by atoms with E-state index in [9.17, 15) is 4.79 Å². The number of aryl methyl sites for hydroxylation is 1. The number of hydrogen-bond acceptors (Lipinski definition) is 3. The highest BCUT2D eigenvalue weighted by molar-refractivity contribution is 6.33. The number of benzene rings is 1. The van der Waals surface area contributed by atoms with Crippen molar-refractivity contribution in [2.45, 2.75) is 13.5 Å². The molecule has 1 heterocycles. The molecule has 1 aromatic carbocycles. The van der Waals surface area contributed by atoms with E-state index in [0.717, 1.165) is 5.56 Å². The Morgan fingerprint density at radius 2 is 2.00 bits per heavy atom. The molecule has 1 aromatic heterocycles. The maximum Gasteiger partial charge on any atom is 0.253 e. The largest absolute Gasteiger partial charge is 0.372 e. The normalized spacial score (nSPS) is 10.2. The number of carbonyl (C=O) groups excluding carboxylic acids is 1. The van der Waals surface area contributed by atoms with E-state index in [4.69, 9.17) is 11.6 Å². The molecule has 2 N–H and O–H groups in total. The zero-order valence-electron chi connectivity index (χ0n) is 11.4. The lowest BCUT2D eigenvalue weighted by Gasteiger charge is -2.07. The number of pyridine rings is 1. The molecule has 0 fully saturated rings. The summed E-state index contributed by atoms with van der Waals surface area (Å²) in [7, 11) is 1.73. The fourth-order valence-electron chi connectivity index (χ4n) is 1.74. The maximum absolute atomic E-state index is 12.0. The van der Waals surface area contributed by atoms with E-state index in [-0.39, 0.29) is 5.91 Å². The molecule has 0 unspecified atom stereocenters. The Hall–Kier alpha value is -2.07. The average molecular weight is 290 g/mol. The first-order valence-corrected chi connectivity index (χ1v) is 6.65. The van der Waals surface area contributed by atoms with Crippen LogP contribution in [-0.4, -0.2) is 17.9 Å². The monoisotopic (exact) mass is 289 g/mol. The Labute approximate surface area is 123 Å². The van der Waals surface area contributed by atoms with E-state index in [1.807, 2.05) is 31.2 Å². The molecule has 0 saturated carbocycles. The molecule has 4 nitrogen and oxygen atoms in total. The standard InChI is InChI=1S/C15H16ClN3O/c1-10-3-5-11(6-4-10)8-19-15(20)12-7-13(16)14(17-2)18-9-12/h3-7,9H,8H2,1-2H3,(H,17,18)(H,19,20). The Balaban J connectivity index is 2.01. The topological polar surface area (TPSA) is 54.0 Å². The smallest absolute Gasteiger partial charge is 0.253 e. The second kappa shape index (κ2) is 6.39. The van der Waals surface area contributed by atoms with Crippen LogP contribution in [-0.2, 0) is 6.54 Å². The quantitative estimate of drug-likeness (QED) is 0.910.